The fourth-order valence-corrected chi connectivity index (χ4v) is 3.34. The van der Waals surface area contributed by atoms with Crippen LogP contribution < -0.4 is 10.6 Å². The fraction of sp³-hybridized carbons (Fsp3) is 0.600. The number of amides is 1. The number of primary amides is 1. The molecule has 1 aromatic heterocycles. The zero-order valence-corrected chi connectivity index (χ0v) is 16.0. The van der Waals surface area contributed by atoms with Crippen LogP contribution in [0.4, 0.5) is 5.82 Å². The lowest BCUT2D eigenvalue weighted by molar-refractivity contribution is 0.0999. The van der Waals surface area contributed by atoms with E-state index in [4.69, 9.17) is 15.5 Å². The van der Waals surface area contributed by atoms with Crippen LogP contribution >= 0.6 is 0 Å². The molecule has 0 radical (unpaired) electrons. The molecule has 0 unspecified atom stereocenters. The van der Waals surface area contributed by atoms with Gasteiger partial charge in [-0.05, 0) is 48.8 Å². The van der Waals surface area contributed by atoms with Gasteiger partial charge in [0.1, 0.15) is 5.82 Å². The summed E-state index contributed by atoms with van der Waals surface area (Å²) in [5.41, 5.74) is 9.05. The summed E-state index contributed by atoms with van der Waals surface area (Å²) < 4.78 is 5.47. The maximum Gasteiger partial charge on any atom is 0.251 e. The van der Waals surface area contributed by atoms with Gasteiger partial charge in [0.2, 0.25) is 0 Å². The molecule has 2 N–H and O–H groups in total. The first-order valence-electron chi connectivity index (χ1n) is 9.03. The highest BCUT2D eigenvalue weighted by Gasteiger charge is 2.23. The van der Waals surface area contributed by atoms with Crippen LogP contribution in [0.5, 0.6) is 0 Å². The van der Waals surface area contributed by atoms with Crippen molar-refractivity contribution in [3.05, 3.63) is 29.0 Å². The molecule has 1 aliphatic rings. The molecule has 5 nitrogen and oxygen atoms in total. The highest BCUT2D eigenvalue weighted by Crippen LogP contribution is 2.31. The quantitative estimate of drug-likeness (QED) is 0.858. The third-order valence-corrected chi connectivity index (χ3v) is 4.68. The molecule has 0 aromatic carbocycles. The molecule has 1 saturated heterocycles. The Kier molecular flexibility index (Phi) is 6.22. The van der Waals surface area contributed by atoms with E-state index in [1.807, 2.05) is 6.92 Å². The highest BCUT2D eigenvalue weighted by molar-refractivity contribution is 5.98. The summed E-state index contributed by atoms with van der Waals surface area (Å²) in [6.07, 6.45) is 4.68. The largest absolute Gasteiger partial charge is 0.378 e. The van der Waals surface area contributed by atoms with Gasteiger partial charge in [0.15, 0.2) is 0 Å². The van der Waals surface area contributed by atoms with E-state index in [1.165, 1.54) is 0 Å². The van der Waals surface area contributed by atoms with Gasteiger partial charge in [0, 0.05) is 13.1 Å². The predicted octanol–water partition coefficient (Wildman–Crippen LogP) is 3.34. The number of rotatable bonds is 6. The van der Waals surface area contributed by atoms with E-state index in [2.05, 4.69) is 32.3 Å². The van der Waals surface area contributed by atoms with E-state index in [1.54, 1.807) is 6.08 Å². The highest BCUT2D eigenvalue weighted by atomic mass is 16.5. The van der Waals surface area contributed by atoms with Gasteiger partial charge >= 0.3 is 0 Å². The second kappa shape index (κ2) is 8.00. The third-order valence-electron chi connectivity index (χ3n) is 4.68. The van der Waals surface area contributed by atoms with Gasteiger partial charge in [-0.15, -0.1) is 0 Å². The van der Waals surface area contributed by atoms with Crippen molar-refractivity contribution < 1.29 is 9.53 Å². The molecule has 2 heterocycles. The Balaban J connectivity index is 2.45. The van der Waals surface area contributed by atoms with E-state index in [-0.39, 0.29) is 5.41 Å². The van der Waals surface area contributed by atoms with Crippen molar-refractivity contribution in [2.45, 2.75) is 47.0 Å². The number of nitrogens with two attached hydrogens (primary N) is 1. The average molecular weight is 345 g/mol. The standard InChI is InChI=1S/C20H31N3O2/c1-6-16-17(18(21)24)14(2)15(8-7-9-20(3,4)5)19(22-16)23-10-12-25-13-11-23/h6H,1,7-13H2,2-5H3,(H2,21,24). The Morgan fingerprint density at radius 3 is 2.52 bits per heavy atom. The maximum atomic E-state index is 12.0. The van der Waals surface area contributed by atoms with Crippen LogP contribution in [0.15, 0.2) is 6.58 Å². The SMILES string of the molecule is C=Cc1nc(N2CCOCC2)c(CCCC(C)(C)C)c(C)c1C(N)=O. The van der Waals surface area contributed by atoms with Crippen LogP contribution in [0, 0.1) is 12.3 Å². The molecule has 2 rings (SSSR count). The molecule has 0 atom stereocenters. The summed E-state index contributed by atoms with van der Waals surface area (Å²) in [7, 11) is 0. The van der Waals surface area contributed by atoms with Gasteiger partial charge in [0.25, 0.3) is 5.91 Å². The van der Waals surface area contributed by atoms with E-state index >= 15 is 0 Å². The van der Waals surface area contributed by atoms with Crippen molar-refractivity contribution >= 4 is 17.8 Å². The number of carbonyl (C=O) groups excluding carboxylic acids is 1. The number of aromatic nitrogens is 1. The molecule has 1 fully saturated rings. The fourth-order valence-electron chi connectivity index (χ4n) is 3.34. The van der Waals surface area contributed by atoms with Crippen molar-refractivity contribution in [1.82, 2.24) is 4.98 Å². The normalized spacial score (nSPS) is 15.3. The van der Waals surface area contributed by atoms with Crippen LogP contribution in [0.3, 0.4) is 0 Å². The zero-order chi connectivity index (χ0) is 18.6. The summed E-state index contributed by atoms with van der Waals surface area (Å²) in [6, 6.07) is 0. The minimum Gasteiger partial charge on any atom is -0.378 e. The van der Waals surface area contributed by atoms with Crippen molar-refractivity contribution in [3.63, 3.8) is 0 Å². The summed E-state index contributed by atoms with van der Waals surface area (Å²) in [6.45, 7) is 15.5. The van der Waals surface area contributed by atoms with Gasteiger partial charge in [-0.3, -0.25) is 4.79 Å². The van der Waals surface area contributed by atoms with E-state index in [0.717, 1.165) is 49.3 Å². The van der Waals surface area contributed by atoms with E-state index < -0.39 is 5.91 Å². The van der Waals surface area contributed by atoms with Gasteiger partial charge in [0.05, 0.1) is 24.5 Å². The summed E-state index contributed by atoms with van der Waals surface area (Å²) in [5, 5.41) is 0. The minimum atomic E-state index is -0.439. The van der Waals surface area contributed by atoms with E-state index in [9.17, 15) is 4.79 Å². The van der Waals surface area contributed by atoms with Crippen molar-refractivity contribution in [3.8, 4) is 0 Å². The lowest BCUT2D eigenvalue weighted by Gasteiger charge is -2.31. The molecule has 1 amide bonds. The Labute approximate surface area is 151 Å². The topological polar surface area (TPSA) is 68.5 Å². The molecule has 1 aliphatic heterocycles. The van der Waals surface area contributed by atoms with Crippen LogP contribution in [-0.2, 0) is 11.2 Å². The molecular weight excluding hydrogens is 314 g/mol. The Hall–Kier alpha value is -1.88. The minimum absolute atomic E-state index is 0.286. The van der Waals surface area contributed by atoms with E-state index in [0.29, 0.717) is 24.5 Å². The lowest BCUT2D eigenvalue weighted by atomic mass is 9.88. The Morgan fingerprint density at radius 2 is 2.00 bits per heavy atom. The molecule has 0 spiro atoms. The third kappa shape index (κ3) is 4.82. The van der Waals surface area contributed by atoms with Crippen LogP contribution in [0.1, 0.15) is 60.8 Å². The van der Waals surface area contributed by atoms with Crippen molar-refractivity contribution in [2.75, 3.05) is 31.2 Å². The molecule has 0 saturated carbocycles. The summed E-state index contributed by atoms with van der Waals surface area (Å²) >= 11 is 0. The number of carbonyl (C=O) groups is 1. The van der Waals surface area contributed by atoms with Crippen LogP contribution in [0.25, 0.3) is 6.08 Å². The van der Waals surface area contributed by atoms with Crippen molar-refractivity contribution in [2.24, 2.45) is 11.1 Å². The monoisotopic (exact) mass is 345 g/mol. The molecule has 0 bridgehead atoms. The van der Waals surface area contributed by atoms with Gasteiger partial charge in [-0.1, -0.05) is 27.4 Å². The smallest absolute Gasteiger partial charge is 0.251 e. The number of morpholine rings is 1. The summed E-state index contributed by atoms with van der Waals surface area (Å²) in [4.78, 5) is 19.0. The Morgan fingerprint density at radius 1 is 1.36 bits per heavy atom. The first-order chi connectivity index (χ1) is 11.7. The summed E-state index contributed by atoms with van der Waals surface area (Å²) in [5.74, 6) is 0.514. The lowest BCUT2D eigenvalue weighted by Crippen LogP contribution is -2.38. The van der Waals surface area contributed by atoms with Gasteiger partial charge < -0.3 is 15.4 Å². The molecule has 1 aromatic rings. The molecule has 138 valence electrons. The first kappa shape index (κ1) is 19.4. The molecule has 0 aliphatic carbocycles. The van der Waals surface area contributed by atoms with Crippen molar-refractivity contribution in [1.29, 1.82) is 0 Å². The number of hydrogen-bond acceptors (Lipinski definition) is 4. The van der Waals surface area contributed by atoms with Gasteiger partial charge in [-0.25, -0.2) is 4.98 Å². The predicted molar refractivity (Wildman–Crippen MR) is 103 cm³/mol. The number of nitrogens with zero attached hydrogens (tertiary/aromatic N) is 2. The number of pyridine rings is 1. The maximum absolute atomic E-state index is 12.0. The second-order valence-electron chi connectivity index (χ2n) is 7.88. The molecule has 25 heavy (non-hydrogen) atoms. The van der Waals surface area contributed by atoms with Gasteiger partial charge in [-0.2, -0.15) is 0 Å². The Bertz CT molecular complexity index is 641. The number of hydrogen-bond donors (Lipinski definition) is 1. The van der Waals surface area contributed by atoms with Crippen LogP contribution in [0.2, 0.25) is 0 Å². The number of anilines is 1. The molecular formula is C20H31N3O2. The average Bonchev–Trinajstić information content (AvgIpc) is 2.55. The zero-order valence-electron chi connectivity index (χ0n) is 16.0. The number of ether oxygens (including phenoxy) is 1. The second-order valence-corrected chi connectivity index (χ2v) is 7.88. The molecule has 5 heteroatoms. The van der Waals surface area contributed by atoms with Crippen LogP contribution in [-0.4, -0.2) is 37.2 Å². The first-order valence-corrected chi connectivity index (χ1v) is 9.03.